The largest absolute Gasteiger partial charge is 0.550 e. The smallest absolute Gasteiger partial charge is 0.511 e. The summed E-state index contributed by atoms with van der Waals surface area (Å²) in [5.74, 6) is -2.67. The van der Waals surface area contributed by atoms with Crippen molar-refractivity contribution in [3.8, 4) is 0 Å². The van der Waals surface area contributed by atoms with E-state index in [-0.39, 0.29) is 34.7 Å². The molecule has 0 fully saturated rings. The van der Waals surface area contributed by atoms with E-state index in [1.54, 1.807) is 14.1 Å². The van der Waals surface area contributed by atoms with Crippen LogP contribution in [0.4, 0.5) is 13.2 Å². The normalized spacial score (nSPS) is 13.2. The molecule has 0 unspecified atom stereocenters. The van der Waals surface area contributed by atoms with E-state index in [1.165, 1.54) is 0 Å². The van der Waals surface area contributed by atoms with Crippen LogP contribution < -0.4 is 5.11 Å². The Morgan fingerprint density at radius 2 is 1.67 bits per heavy atom. The molecule has 0 aliphatic rings. The fourth-order valence-electron chi connectivity index (χ4n) is 1.90. The first-order valence-corrected chi connectivity index (χ1v) is 8.43. The summed E-state index contributed by atoms with van der Waals surface area (Å²) in [5.41, 5.74) is -5.51. The molecule has 0 aromatic heterocycles. The fourth-order valence-corrected chi connectivity index (χ4v) is 2.89. The molecule has 142 valence electrons. The molecule has 0 atom stereocenters. The molecule has 0 aromatic carbocycles. The lowest BCUT2D eigenvalue weighted by molar-refractivity contribution is -0.890. The van der Waals surface area contributed by atoms with Crippen molar-refractivity contribution >= 4 is 22.0 Å². The Morgan fingerprint density at radius 1 is 1.12 bits per heavy atom. The maximum atomic E-state index is 12.6. The third-order valence-electron chi connectivity index (χ3n) is 3.30. The number of rotatable bonds is 11. The molecule has 0 saturated carbocycles. The van der Waals surface area contributed by atoms with Crippen molar-refractivity contribution in [2.45, 2.75) is 24.8 Å². The van der Waals surface area contributed by atoms with E-state index in [0.29, 0.717) is 0 Å². The van der Waals surface area contributed by atoms with Gasteiger partial charge in [0.25, 0.3) is 0 Å². The molecule has 8 nitrogen and oxygen atoms in total. The van der Waals surface area contributed by atoms with Gasteiger partial charge in [0.15, 0.2) is 0 Å². The number of quaternary nitrogens is 1. The van der Waals surface area contributed by atoms with Gasteiger partial charge in [-0.05, 0) is 0 Å². The van der Waals surface area contributed by atoms with Gasteiger partial charge in [0.05, 0.1) is 33.6 Å². The quantitative estimate of drug-likeness (QED) is 0.472. The van der Waals surface area contributed by atoms with Crippen LogP contribution in [0.1, 0.15) is 19.3 Å². The number of sulfonamides is 1. The van der Waals surface area contributed by atoms with Gasteiger partial charge in [0.2, 0.25) is 0 Å². The van der Waals surface area contributed by atoms with Crippen LogP contribution in [0.15, 0.2) is 0 Å². The summed E-state index contributed by atoms with van der Waals surface area (Å²) in [7, 11) is -2.34. The molecule has 24 heavy (non-hydrogen) atoms. The van der Waals surface area contributed by atoms with Crippen LogP contribution in [-0.4, -0.2) is 80.0 Å². The van der Waals surface area contributed by atoms with Gasteiger partial charge in [-0.2, -0.15) is 17.5 Å². The molecular formula is C12H21F3N2O6S. The lowest BCUT2D eigenvalue weighted by Gasteiger charge is -2.31. The van der Waals surface area contributed by atoms with Gasteiger partial charge < -0.3 is 19.5 Å². The van der Waals surface area contributed by atoms with E-state index in [9.17, 15) is 36.3 Å². The molecule has 1 N–H and O–H groups in total. The van der Waals surface area contributed by atoms with Crippen LogP contribution in [0.25, 0.3) is 0 Å². The molecule has 0 bridgehead atoms. The van der Waals surface area contributed by atoms with E-state index >= 15 is 0 Å². The number of carboxylic acids is 2. The van der Waals surface area contributed by atoms with E-state index in [1.807, 2.05) is 0 Å². The van der Waals surface area contributed by atoms with Crippen LogP contribution in [0.5, 0.6) is 0 Å². The third-order valence-corrected chi connectivity index (χ3v) is 4.93. The van der Waals surface area contributed by atoms with Gasteiger partial charge in [0, 0.05) is 31.9 Å². The first-order valence-electron chi connectivity index (χ1n) is 6.99. The first-order chi connectivity index (χ1) is 10.7. The predicted octanol–water partition coefficient (Wildman–Crippen LogP) is -0.781. The number of carbonyl (C=O) groups excluding carboxylic acids is 1. The molecular weight excluding hydrogens is 357 g/mol. The van der Waals surface area contributed by atoms with Crippen LogP contribution in [-0.2, 0) is 19.6 Å². The average Bonchev–Trinajstić information content (AvgIpc) is 2.38. The summed E-state index contributed by atoms with van der Waals surface area (Å²) >= 11 is 0. The van der Waals surface area contributed by atoms with Crippen molar-refractivity contribution in [3.05, 3.63) is 0 Å². The molecule has 0 aromatic rings. The van der Waals surface area contributed by atoms with E-state index < -0.39 is 47.0 Å². The van der Waals surface area contributed by atoms with E-state index in [2.05, 4.69) is 0 Å². The average molecular weight is 378 g/mol. The number of halogens is 3. The molecule has 0 aliphatic heterocycles. The topological polar surface area (TPSA) is 115 Å². The van der Waals surface area contributed by atoms with Crippen LogP contribution in [0.2, 0.25) is 0 Å². The molecule has 0 radical (unpaired) electrons. The van der Waals surface area contributed by atoms with Crippen molar-refractivity contribution in [2.75, 3.05) is 40.3 Å². The summed E-state index contributed by atoms with van der Waals surface area (Å²) in [6, 6.07) is 0. The van der Waals surface area contributed by atoms with Gasteiger partial charge in [-0.25, -0.2) is 8.42 Å². The molecule has 0 rings (SSSR count). The minimum atomic E-state index is -5.62. The Hall–Kier alpha value is -1.40. The third kappa shape index (κ3) is 7.93. The van der Waals surface area contributed by atoms with Crippen LogP contribution in [0, 0.1) is 0 Å². The van der Waals surface area contributed by atoms with Crippen molar-refractivity contribution in [3.63, 3.8) is 0 Å². The van der Waals surface area contributed by atoms with Crippen molar-refractivity contribution in [1.29, 1.82) is 0 Å². The predicted molar refractivity (Wildman–Crippen MR) is 74.9 cm³/mol. The Kier molecular flexibility index (Phi) is 8.12. The highest BCUT2D eigenvalue weighted by Gasteiger charge is 2.49. The van der Waals surface area contributed by atoms with E-state index in [4.69, 9.17) is 5.11 Å². The molecule has 0 spiro atoms. The second-order valence-electron chi connectivity index (χ2n) is 5.85. The maximum Gasteiger partial charge on any atom is 0.511 e. The summed E-state index contributed by atoms with van der Waals surface area (Å²) in [4.78, 5) is 20.9. The highest BCUT2D eigenvalue weighted by atomic mass is 32.2. The Morgan fingerprint density at radius 3 is 2.08 bits per heavy atom. The summed E-state index contributed by atoms with van der Waals surface area (Å²) in [6.45, 7) is -0.917. The maximum absolute atomic E-state index is 12.6. The van der Waals surface area contributed by atoms with Crippen LogP contribution >= 0.6 is 0 Å². The second kappa shape index (κ2) is 8.62. The second-order valence-corrected chi connectivity index (χ2v) is 7.78. The molecule has 0 aliphatic carbocycles. The Labute approximate surface area is 138 Å². The van der Waals surface area contributed by atoms with Gasteiger partial charge in [-0.3, -0.25) is 4.79 Å². The number of aliphatic carboxylic acids is 2. The Balaban J connectivity index is 4.85. The summed E-state index contributed by atoms with van der Waals surface area (Å²) in [6.07, 6.45) is -0.982. The van der Waals surface area contributed by atoms with Crippen LogP contribution in [0.3, 0.4) is 0 Å². The van der Waals surface area contributed by atoms with E-state index in [0.717, 1.165) is 0 Å². The zero-order valence-electron chi connectivity index (χ0n) is 13.4. The SMILES string of the molecule is C[N+](C)(CCCN(CCC(=O)O)S(=O)(=O)C(F)(F)F)CCC(=O)[O-]. The standard InChI is InChI=1S/C12H21F3N2O6S/c1-17(2,9-5-11(20)21)8-3-6-16(7-4-10(18)19)24(22,23)12(13,14)15/h3-9H2,1-2H3,(H-,18,19,20,21). The Bertz CT molecular complexity index is 547. The number of nitrogens with zero attached hydrogens (tertiary/aromatic N) is 2. The number of carbonyl (C=O) groups is 2. The number of alkyl halides is 3. The van der Waals surface area contributed by atoms with Crippen molar-refractivity contribution < 1.29 is 45.9 Å². The number of carboxylic acid groups (broad SMARTS) is 2. The fraction of sp³-hybridized carbons (Fsp3) is 0.833. The summed E-state index contributed by atoms with van der Waals surface area (Å²) in [5, 5.41) is 19.0. The summed E-state index contributed by atoms with van der Waals surface area (Å²) < 4.78 is 61.0. The lowest BCUT2D eigenvalue weighted by Crippen LogP contribution is -2.46. The molecule has 0 heterocycles. The highest BCUT2D eigenvalue weighted by molar-refractivity contribution is 7.90. The first kappa shape index (κ1) is 22.6. The molecule has 12 heteroatoms. The van der Waals surface area contributed by atoms with Crippen molar-refractivity contribution in [1.82, 2.24) is 4.31 Å². The zero-order chi connectivity index (χ0) is 19.2. The van der Waals surface area contributed by atoms with Gasteiger partial charge >= 0.3 is 21.5 Å². The van der Waals surface area contributed by atoms with Gasteiger partial charge in [-0.1, -0.05) is 0 Å². The lowest BCUT2D eigenvalue weighted by atomic mass is 10.3. The van der Waals surface area contributed by atoms with Gasteiger partial charge in [0.1, 0.15) is 0 Å². The monoisotopic (exact) mass is 378 g/mol. The van der Waals surface area contributed by atoms with Crippen molar-refractivity contribution in [2.24, 2.45) is 0 Å². The minimum absolute atomic E-state index is 0.00891. The zero-order valence-corrected chi connectivity index (χ0v) is 14.2. The van der Waals surface area contributed by atoms with Gasteiger partial charge in [-0.15, -0.1) is 0 Å². The minimum Gasteiger partial charge on any atom is -0.550 e. The highest BCUT2D eigenvalue weighted by Crippen LogP contribution is 2.27. The molecule has 0 amide bonds. The number of hydrogen-bond acceptors (Lipinski definition) is 5. The molecule has 0 saturated heterocycles. The number of hydrogen-bond donors (Lipinski definition) is 1.